The molecule has 1 aromatic carbocycles. The Morgan fingerprint density at radius 3 is 2.60 bits per heavy atom. The quantitative estimate of drug-likeness (QED) is 0.707. The molecule has 3 heteroatoms. The summed E-state index contributed by atoms with van der Waals surface area (Å²) in [6.45, 7) is 0. The van der Waals surface area contributed by atoms with Crippen molar-refractivity contribution in [1.29, 1.82) is 0 Å². The first-order valence-electron chi connectivity index (χ1n) is 2.65. The maximum absolute atomic E-state index is 3.39. The largest absolute Gasteiger partial charge is 0.129 e. The minimum atomic E-state index is 0.992. The lowest BCUT2D eigenvalue weighted by Crippen LogP contribution is -1.71. The molecule has 1 radical (unpaired) electrons. The van der Waals surface area contributed by atoms with Gasteiger partial charge in [0.15, 0.2) is 0 Å². The summed E-state index contributed by atoms with van der Waals surface area (Å²) in [5, 5.41) is 0. The SMILES string of the molecule is CSc1[c]c(Br)cc(Br)c1. The molecule has 0 heterocycles. The normalized spacial score (nSPS) is 9.90. The van der Waals surface area contributed by atoms with Crippen LogP contribution in [0.1, 0.15) is 0 Å². The topological polar surface area (TPSA) is 0 Å². The summed E-state index contributed by atoms with van der Waals surface area (Å²) in [5.74, 6) is 0. The van der Waals surface area contributed by atoms with Gasteiger partial charge in [0, 0.05) is 19.9 Å². The van der Waals surface area contributed by atoms with E-state index in [1.807, 2.05) is 18.4 Å². The lowest BCUT2D eigenvalue weighted by molar-refractivity contribution is 1.39. The summed E-state index contributed by atoms with van der Waals surface area (Å²) in [4.78, 5) is 1.14. The molecule has 0 unspecified atom stereocenters. The second-order valence-electron chi connectivity index (χ2n) is 1.71. The Hall–Kier alpha value is 0.530. The summed E-state index contributed by atoms with van der Waals surface area (Å²) in [6.07, 6.45) is 2.03. The Morgan fingerprint density at radius 1 is 1.40 bits per heavy atom. The fraction of sp³-hybridized carbons (Fsp3) is 0.143. The lowest BCUT2D eigenvalue weighted by atomic mass is 10.4. The zero-order valence-electron chi connectivity index (χ0n) is 5.32. The monoisotopic (exact) mass is 279 g/mol. The van der Waals surface area contributed by atoms with E-state index in [0.717, 1.165) is 13.8 Å². The molecular weight excluding hydrogens is 276 g/mol. The van der Waals surface area contributed by atoms with Crippen LogP contribution in [0.15, 0.2) is 26.0 Å². The molecule has 1 aromatic rings. The Bertz CT molecular complexity index is 215. The van der Waals surface area contributed by atoms with Crippen molar-refractivity contribution < 1.29 is 0 Å². The van der Waals surface area contributed by atoms with Crippen molar-refractivity contribution in [3.8, 4) is 0 Å². The molecule has 53 valence electrons. The molecule has 0 amide bonds. The summed E-state index contributed by atoms with van der Waals surface area (Å²) < 4.78 is 2.08. The molecule has 0 atom stereocenters. The molecule has 0 spiro atoms. The number of hydrogen-bond donors (Lipinski definition) is 0. The minimum absolute atomic E-state index is 0.992. The molecule has 0 saturated carbocycles. The van der Waals surface area contributed by atoms with Crippen LogP contribution in [0.4, 0.5) is 0 Å². The van der Waals surface area contributed by atoms with E-state index >= 15 is 0 Å². The molecule has 0 aliphatic carbocycles. The van der Waals surface area contributed by atoms with Crippen molar-refractivity contribution in [3.63, 3.8) is 0 Å². The highest BCUT2D eigenvalue weighted by molar-refractivity contribution is 9.11. The third-order valence-corrected chi connectivity index (χ3v) is 2.54. The third kappa shape index (κ3) is 2.29. The van der Waals surface area contributed by atoms with Crippen LogP contribution in [0, 0.1) is 6.07 Å². The zero-order valence-corrected chi connectivity index (χ0v) is 9.31. The van der Waals surface area contributed by atoms with Gasteiger partial charge in [-0.1, -0.05) is 31.9 Å². The average Bonchev–Trinajstić information content (AvgIpc) is 1.85. The highest BCUT2D eigenvalue weighted by Crippen LogP contribution is 2.24. The summed E-state index contributed by atoms with van der Waals surface area (Å²) >= 11 is 8.43. The van der Waals surface area contributed by atoms with Crippen LogP contribution in [0.3, 0.4) is 0 Å². The second kappa shape index (κ2) is 3.79. The van der Waals surface area contributed by atoms with Crippen LogP contribution in [0.5, 0.6) is 0 Å². The summed E-state index contributed by atoms with van der Waals surface area (Å²) in [5.41, 5.74) is 0. The van der Waals surface area contributed by atoms with E-state index in [-0.39, 0.29) is 0 Å². The van der Waals surface area contributed by atoms with Gasteiger partial charge in [0.05, 0.1) is 0 Å². The van der Waals surface area contributed by atoms with E-state index in [1.54, 1.807) is 11.8 Å². The highest BCUT2D eigenvalue weighted by Gasteiger charge is 1.94. The van der Waals surface area contributed by atoms with Gasteiger partial charge >= 0.3 is 0 Å². The van der Waals surface area contributed by atoms with E-state index in [2.05, 4.69) is 37.9 Å². The highest BCUT2D eigenvalue weighted by atomic mass is 79.9. The molecule has 0 bridgehead atoms. The van der Waals surface area contributed by atoms with Crippen molar-refractivity contribution >= 4 is 43.6 Å². The summed E-state index contributed by atoms with van der Waals surface area (Å²) in [7, 11) is 0. The van der Waals surface area contributed by atoms with Gasteiger partial charge in [0.1, 0.15) is 0 Å². The third-order valence-electron chi connectivity index (χ3n) is 0.996. The van der Waals surface area contributed by atoms with Crippen LogP contribution in [0.25, 0.3) is 0 Å². The standard InChI is InChI=1S/C7H5Br2S/c1-10-7-3-5(8)2-6(9)4-7/h2-3H,1H3. The van der Waals surface area contributed by atoms with Crippen LogP contribution in [-0.4, -0.2) is 6.26 Å². The van der Waals surface area contributed by atoms with Gasteiger partial charge in [0.25, 0.3) is 0 Å². The van der Waals surface area contributed by atoms with Crippen LogP contribution in [-0.2, 0) is 0 Å². The minimum Gasteiger partial charge on any atom is -0.129 e. The van der Waals surface area contributed by atoms with E-state index in [9.17, 15) is 0 Å². The molecule has 10 heavy (non-hydrogen) atoms. The van der Waals surface area contributed by atoms with Gasteiger partial charge < -0.3 is 0 Å². The fourth-order valence-electron chi connectivity index (χ4n) is 0.588. The molecule has 0 aliphatic rings. The van der Waals surface area contributed by atoms with Gasteiger partial charge in [-0.3, -0.25) is 0 Å². The predicted octanol–water partition coefficient (Wildman–Crippen LogP) is 3.73. The molecule has 0 aromatic heterocycles. The second-order valence-corrected chi connectivity index (χ2v) is 4.33. The van der Waals surface area contributed by atoms with Crippen molar-refractivity contribution in [2.75, 3.05) is 6.26 Å². The molecule has 1 rings (SSSR count). The average molecular weight is 281 g/mol. The Labute approximate surface area is 81.7 Å². The van der Waals surface area contributed by atoms with E-state index in [4.69, 9.17) is 0 Å². The smallest absolute Gasteiger partial charge is 0.0277 e. The van der Waals surface area contributed by atoms with Crippen molar-refractivity contribution in [1.82, 2.24) is 0 Å². The maximum Gasteiger partial charge on any atom is 0.0277 e. The molecule has 0 fully saturated rings. The maximum atomic E-state index is 3.39. The van der Waals surface area contributed by atoms with Gasteiger partial charge in [-0.15, -0.1) is 11.8 Å². The zero-order chi connectivity index (χ0) is 7.56. The molecule has 0 nitrogen and oxygen atoms in total. The number of hydrogen-bond acceptors (Lipinski definition) is 1. The van der Waals surface area contributed by atoms with Gasteiger partial charge in [-0.25, -0.2) is 0 Å². The Morgan fingerprint density at radius 2 is 2.10 bits per heavy atom. The van der Waals surface area contributed by atoms with E-state index in [1.165, 1.54) is 0 Å². The Balaban J connectivity index is 3.06. The lowest BCUT2D eigenvalue weighted by Gasteiger charge is -1.96. The van der Waals surface area contributed by atoms with Crippen LogP contribution in [0.2, 0.25) is 0 Å². The first kappa shape index (κ1) is 8.62. The predicted molar refractivity (Wildman–Crippen MR) is 52.5 cm³/mol. The summed E-state index contributed by atoms with van der Waals surface area (Å²) in [6, 6.07) is 7.16. The number of benzene rings is 1. The van der Waals surface area contributed by atoms with Crippen molar-refractivity contribution in [2.45, 2.75) is 4.90 Å². The van der Waals surface area contributed by atoms with Gasteiger partial charge in [0.2, 0.25) is 0 Å². The Kier molecular flexibility index (Phi) is 3.27. The van der Waals surface area contributed by atoms with E-state index < -0.39 is 0 Å². The number of halogens is 2. The molecular formula is C7H5Br2S. The van der Waals surface area contributed by atoms with Gasteiger partial charge in [-0.05, 0) is 18.4 Å². The number of thioether (sulfide) groups is 1. The molecule has 0 aliphatic heterocycles. The van der Waals surface area contributed by atoms with Gasteiger partial charge in [-0.2, -0.15) is 0 Å². The van der Waals surface area contributed by atoms with Crippen LogP contribution >= 0.6 is 43.6 Å². The molecule has 0 N–H and O–H groups in total. The van der Waals surface area contributed by atoms with E-state index in [0.29, 0.717) is 0 Å². The fourth-order valence-corrected chi connectivity index (χ4v) is 2.55. The van der Waals surface area contributed by atoms with Crippen molar-refractivity contribution in [3.05, 3.63) is 27.1 Å². The molecule has 0 saturated heterocycles. The first-order chi connectivity index (χ1) is 4.72. The van der Waals surface area contributed by atoms with Crippen LogP contribution < -0.4 is 0 Å². The first-order valence-corrected chi connectivity index (χ1v) is 5.46. The van der Waals surface area contributed by atoms with Crippen molar-refractivity contribution in [2.24, 2.45) is 0 Å². The number of rotatable bonds is 1.